The van der Waals surface area contributed by atoms with Crippen LogP contribution in [0.1, 0.15) is 31.7 Å². The van der Waals surface area contributed by atoms with Crippen LogP contribution < -0.4 is 5.32 Å². The van der Waals surface area contributed by atoms with Crippen LogP contribution in [0.3, 0.4) is 0 Å². The highest BCUT2D eigenvalue weighted by atomic mass is 16.5. The van der Waals surface area contributed by atoms with Crippen LogP contribution in [0.5, 0.6) is 0 Å². The van der Waals surface area contributed by atoms with Gasteiger partial charge in [0, 0.05) is 6.54 Å². The van der Waals surface area contributed by atoms with Gasteiger partial charge in [-0.25, -0.2) is 0 Å². The van der Waals surface area contributed by atoms with Crippen LogP contribution in [0.4, 0.5) is 0 Å². The summed E-state index contributed by atoms with van der Waals surface area (Å²) in [5.74, 6) is 2.41. The number of hydrogen-bond acceptors (Lipinski definition) is 5. The summed E-state index contributed by atoms with van der Waals surface area (Å²) in [5, 5.41) is 7.48. The van der Waals surface area contributed by atoms with Gasteiger partial charge in [-0.05, 0) is 37.4 Å². The van der Waals surface area contributed by atoms with Crippen molar-refractivity contribution in [2.45, 2.75) is 32.6 Å². The van der Waals surface area contributed by atoms with Crippen molar-refractivity contribution in [2.24, 2.45) is 5.92 Å². The summed E-state index contributed by atoms with van der Waals surface area (Å²) in [7, 11) is 0. The topological polar surface area (TPSA) is 64.1 Å². The lowest BCUT2D eigenvalue weighted by Crippen LogP contribution is -2.35. The molecule has 0 aliphatic carbocycles. The first-order valence-electron chi connectivity index (χ1n) is 6.73. The van der Waals surface area contributed by atoms with Crippen molar-refractivity contribution >= 4 is 0 Å². The maximum atomic E-state index is 5.53. The Balaban J connectivity index is 1.99. The number of hydrogen-bond donors (Lipinski definition) is 1. The van der Waals surface area contributed by atoms with Gasteiger partial charge in [-0.3, -0.25) is 0 Å². The SMILES string of the molecule is Cc1ccoc1-c1noc(C2(C(C)C)CCNC2)n1. The van der Waals surface area contributed by atoms with Gasteiger partial charge in [0.1, 0.15) is 0 Å². The highest BCUT2D eigenvalue weighted by Gasteiger charge is 2.43. The molecule has 1 N–H and O–H groups in total. The molecule has 3 heterocycles. The maximum Gasteiger partial charge on any atom is 0.238 e. The molecule has 1 atom stereocenters. The van der Waals surface area contributed by atoms with E-state index in [1.807, 2.05) is 13.0 Å². The second-order valence-corrected chi connectivity index (χ2v) is 5.59. The molecule has 0 amide bonds. The monoisotopic (exact) mass is 261 g/mol. The molecule has 1 saturated heterocycles. The third-order valence-corrected chi connectivity index (χ3v) is 4.21. The van der Waals surface area contributed by atoms with E-state index in [0.29, 0.717) is 17.5 Å². The number of furan rings is 1. The second-order valence-electron chi connectivity index (χ2n) is 5.59. The molecule has 3 rings (SSSR count). The minimum absolute atomic E-state index is 0.0499. The van der Waals surface area contributed by atoms with Crippen LogP contribution in [0.25, 0.3) is 11.6 Å². The van der Waals surface area contributed by atoms with Crippen molar-refractivity contribution in [1.82, 2.24) is 15.5 Å². The lowest BCUT2D eigenvalue weighted by molar-refractivity contribution is 0.234. The Labute approximate surface area is 112 Å². The molecule has 2 aromatic heterocycles. The van der Waals surface area contributed by atoms with E-state index in [1.54, 1.807) is 6.26 Å². The minimum Gasteiger partial charge on any atom is -0.461 e. The van der Waals surface area contributed by atoms with Crippen LogP contribution >= 0.6 is 0 Å². The number of nitrogens with one attached hydrogen (secondary N) is 1. The van der Waals surface area contributed by atoms with Gasteiger partial charge in [0.25, 0.3) is 0 Å². The lowest BCUT2D eigenvalue weighted by Gasteiger charge is -2.27. The Morgan fingerprint density at radius 2 is 2.26 bits per heavy atom. The number of aromatic nitrogens is 2. The van der Waals surface area contributed by atoms with Gasteiger partial charge in [-0.2, -0.15) is 4.98 Å². The normalized spacial score (nSPS) is 23.4. The van der Waals surface area contributed by atoms with E-state index in [-0.39, 0.29) is 5.41 Å². The first kappa shape index (κ1) is 12.4. The summed E-state index contributed by atoms with van der Waals surface area (Å²) in [4.78, 5) is 4.58. The van der Waals surface area contributed by atoms with Gasteiger partial charge >= 0.3 is 0 Å². The predicted octanol–water partition coefficient (Wildman–Crippen LogP) is 2.53. The minimum atomic E-state index is -0.0499. The van der Waals surface area contributed by atoms with Crippen LogP contribution in [0.15, 0.2) is 21.3 Å². The molecule has 0 aromatic carbocycles. The molecular weight excluding hydrogens is 242 g/mol. The number of nitrogens with zero attached hydrogens (tertiary/aromatic N) is 2. The molecule has 0 saturated carbocycles. The van der Waals surface area contributed by atoms with Gasteiger partial charge in [0.15, 0.2) is 5.76 Å². The number of aryl methyl sites for hydroxylation is 1. The molecule has 2 aromatic rings. The van der Waals surface area contributed by atoms with Gasteiger partial charge < -0.3 is 14.3 Å². The highest BCUT2D eigenvalue weighted by Crippen LogP contribution is 2.37. The molecule has 1 unspecified atom stereocenters. The summed E-state index contributed by atoms with van der Waals surface area (Å²) < 4.78 is 11.0. The molecule has 0 radical (unpaired) electrons. The molecule has 0 bridgehead atoms. The zero-order valence-electron chi connectivity index (χ0n) is 11.6. The zero-order chi connectivity index (χ0) is 13.5. The Kier molecular flexibility index (Phi) is 2.93. The third-order valence-electron chi connectivity index (χ3n) is 4.21. The largest absolute Gasteiger partial charge is 0.461 e. The predicted molar refractivity (Wildman–Crippen MR) is 70.7 cm³/mol. The molecule has 102 valence electrons. The molecule has 1 aliphatic rings. The van der Waals surface area contributed by atoms with E-state index in [0.717, 1.165) is 31.0 Å². The Morgan fingerprint density at radius 1 is 1.42 bits per heavy atom. The van der Waals surface area contributed by atoms with Crippen LogP contribution in [-0.2, 0) is 5.41 Å². The van der Waals surface area contributed by atoms with Crippen molar-refractivity contribution in [3.63, 3.8) is 0 Å². The first-order valence-corrected chi connectivity index (χ1v) is 6.73. The summed E-state index contributed by atoms with van der Waals surface area (Å²) >= 11 is 0. The molecule has 1 aliphatic heterocycles. The molecule has 5 heteroatoms. The van der Waals surface area contributed by atoms with Gasteiger partial charge in [-0.15, -0.1) is 0 Å². The third kappa shape index (κ3) is 1.89. The average Bonchev–Trinajstić information content (AvgIpc) is 3.07. The van der Waals surface area contributed by atoms with E-state index in [4.69, 9.17) is 8.94 Å². The van der Waals surface area contributed by atoms with Crippen molar-refractivity contribution in [3.8, 4) is 11.6 Å². The first-order chi connectivity index (χ1) is 9.13. The Morgan fingerprint density at radius 3 is 2.84 bits per heavy atom. The van der Waals surface area contributed by atoms with Crippen molar-refractivity contribution in [1.29, 1.82) is 0 Å². The maximum absolute atomic E-state index is 5.53. The van der Waals surface area contributed by atoms with E-state index in [2.05, 4.69) is 29.3 Å². The molecular formula is C14H19N3O2. The van der Waals surface area contributed by atoms with Gasteiger partial charge in [0.05, 0.1) is 11.7 Å². The van der Waals surface area contributed by atoms with Gasteiger partial charge in [0.2, 0.25) is 11.7 Å². The van der Waals surface area contributed by atoms with E-state index < -0.39 is 0 Å². The van der Waals surface area contributed by atoms with E-state index >= 15 is 0 Å². The summed E-state index contributed by atoms with van der Waals surface area (Å²) in [5.41, 5.74) is 0.974. The fourth-order valence-electron chi connectivity index (χ4n) is 2.75. The smallest absolute Gasteiger partial charge is 0.238 e. The standard InChI is InChI=1S/C14H19N3O2/c1-9(2)14(5-6-15-8-14)13-16-12(17-19-13)11-10(3)4-7-18-11/h4,7,9,15H,5-6,8H2,1-3H3. The quantitative estimate of drug-likeness (QED) is 0.919. The Bertz CT molecular complexity index is 565. The molecule has 0 spiro atoms. The summed E-state index contributed by atoms with van der Waals surface area (Å²) in [6.07, 6.45) is 2.68. The van der Waals surface area contributed by atoms with Crippen molar-refractivity contribution in [2.75, 3.05) is 13.1 Å². The van der Waals surface area contributed by atoms with E-state index in [1.165, 1.54) is 0 Å². The second kappa shape index (κ2) is 4.49. The lowest BCUT2D eigenvalue weighted by atomic mass is 9.76. The Hall–Kier alpha value is -1.62. The fourth-order valence-corrected chi connectivity index (χ4v) is 2.75. The number of rotatable bonds is 3. The van der Waals surface area contributed by atoms with Crippen LogP contribution in [0, 0.1) is 12.8 Å². The van der Waals surface area contributed by atoms with E-state index in [9.17, 15) is 0 Å². The van der Waals surface area contributed by atoms with Gasteiger partial charge in [-0.1, -0.05) is 19.0 Å². The zero-order valence-corrected chi connectivity index (χ0v) is 11.6. The summed E-state index contributed by atoms with van der Waals surface area (Å²) in [6.45, 7) is 8.27. The van der Waals surface area contributed by atoms with Crippen molar-refractivity contribution in [3.05, 3.63) is 23.8 Å². The molecule has 1 fully saturated rings. The van der Waals surface area contributed by atoms with Crippen LogP contribution in [0.2, 0.25) is 0 Å². The van der Waals surface area contributed by atoms with Crippen molar-refractivity contribution < 1.29 is 8.94 Å². The fraction of sp³-hybridized carbons (Fsp3) is 0.571. The van der Waals surface area contributed by atoms with Crippen LogP contribution in [-0.4, -0.2) is 23.2 Å². The molecule has 5 nitrogen and oxygen atoms in total. The molecule has 19 heavy (non-hydrogen) atoms. The highest BCUT2D eigenvalue weighted by molar-refractivity contribution is 5.51. The summed E-state index contributed by atoms with van der Waals surface area (Å²) in [6, 6.07) is 1.90. The average molecular weight is 261 g/mol.